The quantitative estimate of drug-likeness (QED) is 0.755. The Morgan fingerprint density at radius 2 is 1.61 bits per heavy atom. The van der Waals surface area contributed by atoms with Crippen LogP contribution in [0, 0.1) is 0 Å². The first-order chi connectivity index (χ1) is 15.8. The van der Waals surface area contributed by atoms with Crippen LogP contribution in [0.15, 0.2) is 48.5 Å². The summed E-state index contributed by atoms with van der Waals surface area (Å²) in [6, 6.07) is 16.6. The van der Waals surface area contributed by atoms with Gasteiger partial charge >= 0.3 is 12.2 Å². The van der Waals surface area contributed by atoms with Crippen LogP contribution in [0.2, 0.25) is 0 Å². The van der Waals surface area contributed by atoms with E-state index in [-0.39, 0.29) is 18.1 Å². The molecule has 2 aromatic carbocycles. The molecule has 2 saturated heterocycles. The van der Waals surface area contributed by atoms with Gasteiger partial charge in [-0.15, -0.1) is 0 Å². The topological polar surface area (TPSA) is 71.1 Å². The van der Waals surface area contributed by atoms with Crippen LogP contribution >= 0.6 is 0 Å². The van der Waals surface area contributed by atoms with Gasteiger partial charge in [-0.05, 0) is 43.0 Å². The molecule has 5 rings (SSSR count). The number of carbonyl (C=O) groups is 2. The molecular weight excluding hydrogens is 418 g/mol. The highest BCUT2D eigenvalue weighted by molar-refractivity contribution is 5.79. The van der Waals surface area contributed by atoms with Gasteiger partial charge in [0, 0.05) is 25.6 Å². The first kappa shape index (κ1) is 21.8. The summed E-state index contributed by atoms with van der Waals surface area (Å²) in [5.74, 6) is 0.0277. The number of rotatable bonds is 2. The standard InChI is InChI=1S/C26H31N3O4/c1-25(2,3)33-23(30)28-16-26(17-28)15-27-12-13-29(26)24(31)32-14-22-20-10-6-4-8-18(20)19-9-5-7-11-21(19)22/h4-11,22,27H,12-17H2,1-3H3. The van der Waals surface area contributed by atoms with Crippen molar-refractivity contribution in [3.05, 3.63) is 59.7 Å². The Morgan fingerprint density at radius 3 is 2.21 bits per heavy atom. The normalized spacial score (nSPS) is 19.0. The van der Waals surface area contributed by atoms with Crippen molar-refractivity contribution in [1.82, 2.24) is 15.1 Å². The van der Waals surface area contributed by atoms with E-state index in [2.05, 4.69) is 29.6 Å². The Labute approximate surface area is 194 Å². The highest BCUT2D eigenvalue weighted by Gasteiger charge is 2.53. The highest BCUT2D eigenvalue weighted by Crippen LogP contribution is 2.44. The van der Waals surface area contributed by atoms with Crippen LogP contribution < -0.4 is 5.32 Å². The van der Waals surface area contributed by atoms with Crippen LogP contribution in [0.25, 0.3) is 11.1 Å². The van der Waals surface area contributed by atoms with Crippen LogP contribution in [-0.2, 0) is 9.47 Å². The smallest absolute Gasteiger partial charge is 0.410 e. The van der Waals surface area contributed by atoms with Gasteiger partial charge in [-0.25, -0.2) is 9.59 Å². The maximum atomic E-state index is 13.2. The van der Waals surface area contributed by atoms with Crippen molar-refractivity contribution in [2.24, 2.45) is 0 Å². The summed E-state index contributed by atoms with van der Waals surface area (Å²) in [6.45, 7) is 8.64. The molecule has 1 spiro atoms. The summed E-state index contributed by atoms with van der Waals surface area (Å²) in [6.07, 6.45) is -0.659. The van der Waals surface area contributed by atoms with Gasteiger partial charge in [0.2, 0.25) is 0 Å². The minimum absolute atomic E-state index is 0.0277. The molecule has 0 bridgehead atoms. The monoisotopic (exact) mass is 449 g/mol. The predicted octanol–water partition coefficient (Wildman–Crippen LogP) is 3.83. The molecule has 2 fully saturated rings. The second-order valence-corrected chi connectivity index (χ2v) is 10.2. The zero-order chi connectivity index (χ0) is 23.2. The van der Waals surface area contributed by atoms with Crippen molar-refractivity contribution in [2.45, 2.75) is 37.8 Å². The summed E-state index contributed by atoms with van der Waals surface area (Å²) in [7, 11) is 0. The average molecular weight is 450 g/mol. The van der Waals surface area contributed by atoms with Gasteiger partial charge in [0.1, 0.15) is 12.2 Å². The zero-order valence-corrected chi connectivity index (χ0v) is 19.5. The van der Waals surface area contributed by atoms with E-state index in [4.69, 9.17) is 9.47 Å². The molecule has 174 valence electrons. The Kier molecular flexibility index (Phi) is 5.32. The molecule has 3 aliphatic rings. The van der Waals surface area contributed by atoms with E-state index in [0.29, 0.717) is 39.3 Å². The number of nitrogens with one attached hydrogen (secondary N) is 1. The van der Waals surface area contributed by atoms with E-state index >= 15 is 0 Å². The molecule has 0 unspecified atom stereocenters. The zero-order valence-electron chi connectivity index (χ0n) is 19.5. The van der Waals surface area contributed by atoms with Crippen molar-refractivity contribution >= 4 is 12.2 Å². The predicted molar refractivity (Wildman–Crippen MR) is 125 cm³/mol. The van der Waals surface area contributed by atoms with Gasteiger partial charge in [-0.2, -0.15) is 0 Å². The number of benzene rings is 2. The molecule has 2 aromatic rings. The lowest BCUT2D eigenvalue weighted by molar-refractivity contribution is -0.0681. The molecule has 2 heterocycles. The summed E-state index contributed by atoms with van der Waals surface area (Å²) in [5, 5.41) is 3.37. The van der Waals surface area contributed by atoms with Crippen molar-refractivity contribution in [3.8, 4) is 11.1 Å². The van der Waals surface area contributed by atoms with Crippen molar-refractivity contribution in [2.75, 3.05) is 39.3 Å². The number of likely N-dealkylation sites (tertiary alicyclic amines) is 1. The number of ether oxygens (including phenoxy) is 2. The number of fused-ring (bicyclic) bond motifs is 3. The largest absolute Gasteiger partial charge is 0.448 e. The maximum absolute atomic E-state index is 13.2. The molecule has 7 nitrogen and oxygen atoms in total. The number of carbonyl (C=O) groups excluding carboxylic acids is 2. The molecule has 0 aromatic heterocycles. The SMILES string of the molecule is CC(C)(C)OC(=O)N1CC2(CNCCN2C(=O)OCC2c3ccccc3-c3ccccc32)C1. The summed E-state index contributed by atoms with van der Waals surface area (Å²) < 4.78 is 11.4. The number of hydrogen-bond donors (Lipinski definition) is 1. The van der Waals surface area contributed by atoms with E-state index < -0.39 is 11.1 Å². The lowest BCUT2D eigenvalue weighted by atomic mass is 9.86. The molecule has 0 atom stereocenters. The molecule has 33 heavy (non-hydrogen) atoms. The molecule has 2 amide bonds. The fourth-order valence-electron chi connectivity index (χ4n) is 5.20. The van der Waals surface area contributed by atoms with E-state index in [1.54, 1.807) is 9.80 Å². The number of nitrogens with zero attached hydrogens (tertiary/aromatic N) is 2. The van der Waals surface area contributed by atoms with Crippen molar-refractivity contribution in [3.63, 3.8) is 0 Å². The fraction of sp³-hybridized carbons (Fsp3) is 0.462. The second kappa shape index (κ2) is 8.06. The lowest BCUT2D eigenvalue weighted by Gasteiger charge is -2.56. The lowest BCUT2D eigenvalue weighted by Crippen LogP contribution is -2.78. The third-order valence-electron chi connectivity index (χ3n) is 6.72. The first-order valence-corrected chi connectivity index (χ1v) is 11.6. The van der Waals surface area contributed by atoms with Gasteiger partial charge in [0.15, 0.2) is 0 Å². The van der Waals surface area contributed by atoms with E-state index in [9.17, 15) is 9.59 Å². The summed E-state index contributed by atoms with van der Waals surface area (Å²) in [5.41, 5.74) is 3.82. The molecular formula is C26H31N3O4. The molecule has 1 N–H and O–H groups in total. The summed E-state index contributed by atoms with van der Waals surface area (Å²) in [4.78, 5) is 29.1. The van der Waals surface area contributed by atoms with Crippen LogP contribution in [0.1, 0.15) is 37.8 Å². The molecule has 2 aliphatic heterocycles. The Hall–Kier alpha value is -3.06. The van der Waals surface area contributed by atoms with E-state index in [1.807, 2.05) is 45.0 Å². The number of piperazine rings is 1. The van der Waals surface area contributed by atoms with Gasteiger partial charge < -0.3 is 19.7 Å². The third kappa shape index (κ3) is 3.95. The van der Waals surface area contributed by atoms with Crippen LogP contribution in [0.5, 0.6) is 0 Å². The minimum atomic E-state index is -0.545. The van der Waals surface area contributed by atoms with Crippen LogP contribution in [0.4, 0.5) is 9.59 Å². The van der Waals surface area contributed by atoms with Gasteiger partial charge in [0.25, 0.3) is 0 Å². The van der Waals surface area contributed by atoms with Crippen LogP contribution in [0.3, 0.4) is 0 Å². The first-order valence-electron chi connectivity index (χ1n) is 11.6. The van der Waals surface area contributed by atoms with Gasteiger partial charge in [-0.3, -0.25) is 4.90 Å². The second-order valence-electron chi connectivity index (χ2n) is 10.2. The average Bonchev–Trinajstić information content (AvgIpc) is 3.08. The number of hydrogen-bond acceptors (Lipinski definition) is 5. The minimum Gasteiger partial charge on any atom is -0.448 e. The third-order valence-corrected chi connectivity index (χ3v) is 6.72. The molecule has 7 heteroatoms. The molecule has 0 saturated carbocycles. The van der Waals surface area contributed by atoms with Crippen molar-refractivity contribution in [1.29, 1.82) is 0 Å². The Morgan fingerprint density at radius 1 is 1.00 bits per heavy atom. The van der Waals surface area contributed by atoms with Crippen LogP contribution in [-0.4, -0.2) is 72.5 Å². The summed E-state index contributed by atoms with van der Waals surface area (Å²) >= 11 is 0. The Bertz CT molecular complexity index is 1030. The molecule has 1 aliphatic carbocycles. The van der Waals surface area contributed by atoms with Gasteiger partial charge in [0.05, 0.1) is 18.6 Å². The molecule has 0 radical (unpaired) electrons. The maximum Gasteiger partial charge on any atom is 0.410 e. The van der Waals surface area contributed by atoms with E-state index in [0.717, 1.165) is 0 Å². The van der Waals surface area contributed by atoms with Gasteiger partial charge in [-0.1, -0.05) is 48.5 Å². The Balaban J connectivity index is 1.27. The van der Waals surface area contributed by atoms with Crippen molar-refractivity contribution < 1.29 is 19.1 Å². The highest BCUT2D eigenvalue weighted by atomic mass is 16.6. The van der Waals surface area contributed by atoms with E-state index in [1.165, 1.54) is 22.3 Å². The fourth-order valence-corrected chi connectivity index (χ4v) is 5.20. The number of amides is 2.